The Kier molecular flexibility index (Phi) is 6.58. The van der Waals surface area contributed by atoms with Gasteiger partial charge in [-0.3, -0.25) is 9.59 Å². The number of carbonyl (C=O) groups excluding carboxylic acids is 2. The standard InChI is InChI=1S/C26H25FN2O4/c1-3-23-26(31)29(15-17-7-10-22(32-2)11-8-17)16-19-14-21(9-12-24(19)33-23)28-25(30)18-5-4-6-20(27)13-18/h4-14,23H,3,15-16H2,1-2H3,(H,28,30). The first-order chi connectivity index (χ1) is 16.0. The van der Waals surface area contributed by atoms with Crippen LogP contribution in [0.1, 0.15) is 34.8 Å². The molecule has 1 aliphatic rings. The lowest BCUT2D eigenvalue weighted by atomic mass is 10.1. The Morgan fingerprint density at radius 2 is 1.94 bits per heavy atom. The van der Waals surface area contributed by atoms with Crippen molar-refractivity contribution in [2.75, 3.05) is 12.4 Å². The molecule has 1 atom stereocenters. The fourth-order valence-electron chi connectivity index (χ4n) is 3.76. The summed E-state index contributed by atoms with van der Waals surface area (Å²) >= 11 is 0. The Balaban J connectivity index is 1.57. The summed E-state index contributed by atoms with van der Waals surface area (Å²) in [6.07, 6.45) is -0.0487. The van der Waals surface area contributed by atoms with Crippen LogP contribution in [-0.4, -0.2) is 29.9 Å². The number of fused-ring (bicyclic) bond motifs is 1. The first kappa shape index (κ1) is 22.3. The highest BCUT2D eigenvalue weighted by Crippen LogP contribution is 2.30. The van der Waals surface area contributed by atoms with E-state index < -0.39 is 17.8 Å². The number of nitrogens with zero attached hydrogens (tertiary/aromatic N) is 1. The molecule has 2 amide bonds. The van der Waals surface area contributed by atoms with Gasteiger partial charge in [-0.25, -0.2) is 4.39 Å². The van der Waals surface area contributed by atoms with Crippen LogP contribution in [-0.2, 0) is 17.9 Å². The van der Waals surface area contributed by atoms with Gasteiger partial charge in [0.05, 0.1) is 7.11 Å². The average Bonchev–Trinajstić information content (AvgIpc) is 2.95. The highest BCUT2D eigenvalue weighted by atomic mass is 19.1. The zero-order valence-electron chi connectivity index (χ0n) is 18.5. The summed E-state index contributed by atoms with van der Waals surface area (Å²) in [5.41, 5.74) is 2.52. The summed E-state index contributed by atoms with van der Waals surface area (Å²) in [7, 11) is 1.61. The number of benzene rings is 3. The number of hydrogen-bond acceptors (Lipinski definition) is 4. The Labute approximate surface area is 191 Å². The van der Waals surface area contributed by atoms with E-state index in [1.807, 2.05) is 31.2 Å². The Morgan fingerprint density at radius 1 is 1.15 bits per heavy atom. The zero-order valence-corrected chi connectivity index (χ0v) is 18.5. The predicted octanol–water partition coefficient (Wildman–Crippen LogP) is 4.79. The molecule has 0 fully saturated rings. The Hall–Kier alpha value is -3.87. The number of anilines is 1. The summed E-state index contributed by atoms with van der Waals surface area (Å²) in [5.74, 6) is 0.378. The molecule has 1 aliphatic heterocycles. The molecular weight excluding hydrogens is 423 g/mol. The average molecular weight is 448 g/mol. The van der Waals surface area contributed by atoms with Crippen LogP contribution in [0.15, 0.2) is 66.7 Å². The second-order valence-corrected chi connectivity index (χ2v) is 7.84. The molecular formula is C26H25FN2O4. The monoisotopic (exact) mass is 448 g/mol. The SMILES string of the molecule is CCC1Oc2ccc(NC(=O)c3cccc(F)c3)cc2CN(Cc2ccc(OC)cc2)C1=O. The van der Waals surface area contributed by atoms with Crippen molar-refractivity contribution in [3.8, 4) is 11.5 Å². The van der Waals surface area contributed by atoms with Crippen LogP contribution in [0.5, 0.6) is 11.5 Å². The molecule has 33 heavy (non-hydrogen) atoms. The molecule has 1 heterocycles. The van der Waals surface area contributed by atoms with E-state index in [2.05, 4.69) is 5.32 Å². The minimum absolute atomic E-state index is 0.0881. The number of halogens is 1. The summed E-state index contributed by atoms with van der Waals surface area (Å²) in [6.45, 7) is 2.66. The van der Waals surface area contributed by atoms with Gasteiger partial charge in [0, 0.05) is 29.9 Å². The van der Waals surface area contributed by atoms with Crippen molar-refractivity contribution in [2.45, 2.75) is 32.5 Å². The van der Waals surface area contributed by atoms with Crippen molar-refractivity contribution in [1.29, 1.82) is 0 Å². The molecule has 3 aromatic carbocycles. The van der Waals surface area contributed by atoms with Gasteiger partial charge in [0.2, 0.25) is 0 Å². The fraction of sp³-hybridized carbons (Fsp3) is 0.231. The van der Waals surface area contributed by atoms with Crippen LogP contribution >= 0.6 is 0 Å². The highest BCUT2D eigenvalue weighted by Gasteiger charge is 2.30. The number of methoxy groups -OCH3 is 1. The lowest BCUT2D eigenvalue weighted by Gasteiger charge is -2.23. The van der Waals surface area contributed by atoms with Crippen LogP contribution in [0.25, 0.3) is 0 Å². The number of amides is 2. The van der Waals surface area contributed by atoms with Crippen molar-refractivity contribution in [2.24, 2.45) is 0 Å². The normalized spacial score (nSPS) is 15.3. The first-order valence-electron chi connectivity index (χ1n) is 10.7. The lowest BCUT2D eigenvalue weighted by Crippen LogP contribution is -2.38. The van der Waals surface area contributed by atoms with E-state index in [1.165, 1.54) is 18.2 Å². The molecule has 3 aromatic rings. The van der Waals surface area contributed by atoms with Gasteiger partial charge in [0.25, 0.3) is 11.8 Å². The molecule has 0 radical (unpaired) electrons. The highest BCUT2D eigenvalue weighted by molar-refractivity contribution is 6.04. The maximum Gasteiger partial charge on any atom is 0.264 e. The van der Waals surface area contributed by atoms with Crippen molar-refractivity contribution >= 4 is 17.5 Å². The molecule has 0 aromatic heterocycles. The molecule has 4 rings (SSSR count). The second-order valence-electron chi connectivity index (χ2n) is 7.84. The topological polar surface area (TPSA) is 67.9 Å². The molecule has 170 valence electrons. The third-order valence-electron chi connectivity index (χ3n) is 5.53. The van der Waals surface area contributed by atoms with Gasteiger partial charge in [-0.1, -0.05) is 25.1 Å². The zero-order chi connectivity index (χ0) is 23.4. The number of carbonyl (C=O) groups is 2. The molecule has 0 bridgehead atoms. The first-order valence-corrected chi connectivity index (χ1v) is 10.7. The minimum atomic E-state index is -0.586. The second kappa shape index (κ2) is 9.73. The van der Waals surface area contributed by atoms with E-state index in [-0.39, 0.29) is 11.5 Å². The third kappa shape index (κ3) is 5.14. The summed E-state index contributed by atoms with van der Waals surface area (Å²) in [5, 5.41) is 2.79. The van der Waals surface area contributed by atoms with Crippen molar-refractivity contribution in [3.63, 3.8) is 0 Å². The van der Waals surface area contributed by atoms with Gasteiger partial charge in [-0.05, 0) is 60.5 Å². The molecule has 0 aliphatic carbocycles. The lowest BCUT2D eigenvalue weighted by molar-refractivity contribution is -0.139. The van der Waals surface area contributed by atoms with E-state index in [1.54, 1.807) is 36.3 Å². The number of ether oxygens (including phenoxy) is 2. The van der Waals surface area contributed by atoms with Gasteiger partial charge in [-0.2, -0.15) is 0 Å². The molecule has 1 N–H and O–H groups in total. The van der Waals surface area contributed by atoms with Gasteiger partial charge in [0.1, 0.15) is 17.3 Å². The smallest absolute Gasteiger partial charge is 0.264 e. The number of hydrogen-bond donors (Lipinski definition) is 1. The van der Waals surface area contributed by atoms with Crippen LogP contribution in [0.4, 0.5) is 10.1 Å². The number of rotatable bonds is 6. The fourth-order valence-corrected chi connectivity index (χ4v) is 3.76. The molecule has 0 saturated carbocycles. The number of nitrogens with one attached hydrogen (secondary N) is 1. The van der Waals surface area contributed by atoms with Crippen molar-refractivity contribution in [3.05, 3.63) is 89.2 Å². The maximum atomic E-state index is 13.5. The summed E-state index contributed by atoms with van der Waals surface area (Å²) in [4.78, 5) is 27.4. The quantitative estimate of drug-likeness (QED) is 0.589. The Morgan fingerprint density at radius 3 is 2.64 bits per heavy atom. The largest absolute Gasteiger partial charge is 0.497 e. The van der Waals surface area contributed by atoms with E-state index in [0.29, 0.717) is 30.9 Å². The Bertz CT molecular complexity index is 1160. The molecule has 6 nitrogen and oxygen atoms in total. The van der Waals surface area contributed by atoms with Gasteiger partial charge in [-0.15, -0.1) is 0 Å². The summed E-state index contributed by atoms with van der Waals surface area (Å²) < 4.78 is 24.7. The van der Waals surface area contributed by atoms with E-state index >= 15 is 0 Å². The molecule has 0 spiro atoms. The van der Waals surface area contributed by atoms with Crippen LogP contribution in [0, 0.1) is 5.82 Å². The van der Waals surface area contributed by atoms with Gasteiger partial charge >= 0.3 is 0 Å². The van der Waals surface area contributed by atoms with Crippen LogP contribution < -0.4 is 14.8 Å². The molecule has 0 saturated heterocycles. The van der Waals surface area contributed by atoms with Crippen LogP contribution in [0.2, 0.25) is 0 Å². The van der Waals surface area contributed by atoms with E-state index in [9.17, 15) is 14.0 Å². The van der Waals surface area contributed by atoms with E-state index in [4.69, 9.17) is 9.47 Å². The summed E-state index contributed by atoms with van der Waals surface area (Å²) in [6, 6.07) is 18.3. The van der Waals surface area contributed by atoms with Crippen molar-refractivity contribution in [1.82, 2.24) is 4.90 Å². The van der Waals surface area contributed by atoms with Crippen molar-refractivity contribution < 1.29 is 23.5 Å². The minimum Gasteiger partial charge on any atom is -0.497 e. The van der Waals surface area contributed by atoms with Gasteiger partial charge < -0.3 is 19.7 Å². The predicted molar refractivity (Wildman–Crippen MR) is 123 cm³/mol. The molecule has 1 unspecified atom stereocenters. The van der Waals surface area contributed by atoms with E-state index in [0.717, 1.165) is 16.9 Å². The molecule has 7 heteroatoms. The van der Waals surface area contributed by atoms with Gasteiger partial charge in [0.15, 0.2) is 6.10 Å². The third-order valence-corrected chi connectivity index (χ3v) is 5.53. The van der Waals surface area contributed by atoms with Crippen LogP contribution in [0.3, 0.4) is 0 Å². The maximum absolute atomic E-state index is 13.5.